The summed E-state index contributed by atoms with van der Waals surface area (Å²) in [7, 11) is 0. The first-order valence-electron chi connectivity index (χ1n) is 6.12. The molecule has 0 fully saturated rings. The number of rotatable bonds is 4. The summed E-state index contributed by atoms with van der Waals surface area (Å²) in [6, 6.07) is 6.02. The summed E-state index contributed by atoms with van der Waals surface area (Å²) >= 11 is 0. The highest BCUT2D eigenvalue weighted by molar-refractivity contribution is 5.40. The number of nitrogens with zero attached hydrogens (tertiary/aromatic N) is 1. The van der Waals surface area contributed by atoms with Crippen LogP contribution in [0.25, 0.3) is 0 Å². The van der Waals surface area contributed by atoms with Crippen LogP contribution in [0.15, 0.2) is 18.2 Å². The Kier molecular flexibility index (Phi) is 3.99. The Morgan fingerprint density at radius 2 is 2.29 bits per heavy atom. The van der Waals surface area contributed by atoms with E-state index >= 15 is 0 Å². The van der Waals surface area contributed by atoms with E-state index in [1.807, 2.05) is 13.0 Å². The van der Waals surface area contributed by atoms with Crippen molar-refractivity contribution in [2.75, 3.05) is 13.3 Å². The molecule has 1 atom stereocenters. The van der Waals surface area contributed by atoms with Gasteiger partial charge in [-0.3, -0.25) is 0 Å². The van der Waals surface area contributed by atoms with Gasteiger partial charge < -0.3 is 20.7 Å². The van der Waals surface area contributed by atoms with E-state index in [-0.39, 0.29) is 12.8 Å². The molecule has 0 saturated carbocycles. The lowest BCUT2D eigenvalue weighted by molar-refractivity contribution is 0.111. The highest BCUT2D eigenvalue weighted by Gasteiger charge is 2.18. The maximum absolute atomic E-state index is 11.4. The second-order valence-corrected chi connectivity index (χ2v) is 4.48. The first-order valence-corrected chi connectivity index (χ1v) is 6.12. The van der Waals surface area contributed by atoms with Crippen molar-refractivity contribution in [1.29, 1.82) is 0 Å². The number of benzene rings is 1. The SMILES string of the molecule is CC1c2ccc(CCCCN)cc2OCN1[O-]. The molecule has 17 heavy (non-hydrogen) atoms. The van der Waals surface area contributed by atoms with E-state index in [0.29, 0.717) is 0 Å². The minimum Gasteiger partial charge on any atom is -0.782 e. The summed E-state index contributed by atoms with van der Waals surface area (Å²) < 4.78 is 5.44. The lowest BCUT2D eigenvalue weighted by Crippen LogP contribution is -2.30. The normalized spacial score (nSPS) is 19.8. The molecular weight excluding hydrogens is 216 g/mol. The molecule has 0 radical (unpaired) electrons. The van der Waals surface area contributed by atoms with Crippen LogP contribution in [0.4, 0.5) is 0 Å². The van der Waals surface area contributed by atoms with Crippen LogP contribution < -0.4 is 10.5 Å². The van der Waals surface area contributed by atoms with Crippen LogP contribution in [0.2, 0.25) is 0 Å². The molecule has 2 N–H and O–H groups in total. The van der Waals surface area contributed by atoms with Gasteiger partial charge in [0, 0.05) is 11.6 Å². The molecule has 1 aromatic carbocycles. The van der Waals surface area contributed by atoms with Crippen LogP contribution >= 0.6 is 0 Å². The number of fused-ring (bicyclic) bond motifs is 1. The summed E-state index contributed by atoms with van der Waals surface area (Å²) in [6.07, 6.45) is 3.16. The van der Waals surface area contributed by atoms with Gasteiger partial charge in [0.2, 0.25) is 0 Å². The number of hydrogen-bond donors (Lipinski definition) is 1. The molecule has 1 aromatic rings. The lowest BCUT2D eigenvalue weighted by Gasteiger charge is -2.39. The van der Waals surface area contributed by atoms with Crippen LogP contribution in [0.1, 0.15) is 36.9 Å². The zero-order valence-corrected chi connectivity index (χ0v) is 10.2. The molecule has 2 rings (SSSR count). The number of unbranched alkanes of at least 4 members (excludes halogenated alkanes) is 1. The van der Waals surface area contributed by atoms with Crippen LogP contribution in [-0.4, -0.2) is 18.3 Å². The first-order chi connectivity index (χ1) is 8.22. The standard InChI is InChI=1S/C13H19N2O2/c1-10-12-6-5-11(4-2-3-7-14)8-13(12)17-9-15(10)16/h5-6,8,10H,2-4,7,9,14H2,1H3/q-1. The Morgan fingerprint density at radius 3 is 3.06 bits per heavy atom. The van der Waals surface area contributed by atoms with E-state index in [0.717, 1.165) is 42.2 Å². The van der Waals surface area contributed by atoms with Gasteiger partial charge in [-0.15, -0.1) is 0 Å². The van der Waals surface area contributed by atoms with E-state index in [1.165, 1.54) is 5.56 Å². The smallest absolute Gasteiger partial charge is 0.131 e. The van der Waals surface area contributed by atoms with Crippen LogP contribution in [0.3, 0.4) is 0 Å². The largest absolute Gasteiger partial charge is 0.782 e. The Balaban J connectivity index is 2.09. The van der Waals surface area contributed by atoms with E-state index < -0.39 is 0 Å². The van der Waals surface area contributed by atoms with Gasteiger partial charge in [0.15, 0.2) is 0 Å². The maximum atomic E-state index is 11.4. The fourth-order valence-electron chi connectivity index (χ4n) is 2.08. The highest BCUT2D eigenvalue weighted by Crippen LogP contribution is 2.33. The molecular formula is C13H19N2O2-. The van der Waals surface area contributed by atoms with Crippen LogP contribution in [0, 0.1) is 5.21 Å². The van der Waals surface area contributed by atoms with E-state index in [4.69, 9.17) is 10.5 Å². The Morgan fingerprint density at radius 1 is 1.47 bits per heavy atom. The second-order valence-electron chi connectivity index (χ2n) is 4.48. The molecule has 1 heterocycles. The second kappa shape index (κ2) is 5.49. The van der Waals surface area contributed by atoms with Crippen molar-refractivity contribution in [3.05, 3.63) is 34.5 Å². The summed E-state index contributed by atoms with van der Waals surface area (Å²) in [5.74, 6) is 0.856. The molecule has 0 bridgehead atoms. The molecule has 0 aromatic heterocycles. The highest BCUT2D eigenvalue weighted by atomic mass is 16.6. The molecule has 4 nitrogen and oxygen atoms in total. The number of nitrogens with two attached hydrogens (primary N) is 1. The summed E-state index contributed by atoms with van der Waals surface area (Å²) in [5.41, 5.74) is 7.71. The van der Waals surface area contributed by atoms with Gasteiger partial charge in [-0.25, -0.2) is 0 Å². The van der Waals surface area contributed by atoms with Crippen molar-refractivity contribution < 1.29 is 4.74 Å². The molecule has 0 spiro atoms. The molecule has 1 aliphatic rings. The Hall–Kier alpha value is -1.10. The molecule has 4 heteroatoms. The predicted octanol–water partition coefficient (Wildman–Crippen LogP) is 2.18. The van der Waals surface area contributed by atoms with Crippen molar-refractivity contribution in [2.45, 2.75) is 32.2 Å². The number of hydrogen-bond acceptors (Lipinski definition) is 4. The van der Waals surface area contributed by atoms with Crippen molar-refractivity contribution >= 4 is 0 Å². The summed E-state index contributed by atoms with van der Waals surface area (Å²) in [6.45, 7) is 2.77. The van der Waals surface area contributed by atoms with E-state index in [9.17, 15) is 5.21 Å². The lowest BCUT2D eigenvalue weighted by atomic mass is 10.0. The van der Waals surface area contributed by atoms with Gasteiger partial charge in [-0.2, -0.15) is 0 Å². The molecule has 1 aliphatic heterocycles. The quantitative estimate of drug-likeness (QED) is 0.812. The fraction of sp³-hybridized carbons (Fsp3) is 0.538. The molecule has 94 valence electrons. The average Bonchev–Trinajstić information content (AvgIpc) is 2.34. The Labute approximate surface area is 102 Å². The third kappa shape index (κ3) is 2.77. The van der Waals surface area contributed by atoms with Gasteiger partial charge in [0.25, 0.3) is 0 Å². The van der Waals surface area contributed by atoms with Gasteiger partial charge in [0.1, 0.15) is 12.5 Å². The first kappa shape index (κ1) is 12.4. The number of ether oxygens (including phenoxy) is 1. The summed E-state index contributed by atoms with van der Waals surface area (Å²) in [4.78, 5) is 0. The summed E-state index contributed by atoms with van der Waals surface area (Å²) in [5, 5.41) is 12.4. The van der Waals surface area contributed by atoms with Crippen molar-refractivity contribution in [3.63, 3.8) is 0 Å². The van der Waals surface area contributed by atoms with Crippen molar-refractivity contribution in [1.82, 2.24) is 5.06 Å². The molecule has 0 aliphatic carbocycles. The topological polar surface area (TPSA) is 61.5 Å². The van der Waals surface area contributed by atoms with Crippen LogP contribution in [0.5, 0.6) is 5.75 Å². The monoisotopic (exact) mass is 235 g/mol. The van der Waals surface area contributed by atoms with Crippen molar-refractivity contribution in [3.8, 4) is 5.75 Å². The van der Waals surface area contributed by atoms with Gasteiger partial charge in [-0.1, -0.05) is 12.1 Å². The number of aryl methyl sites for hydroxylation is 1. The average molecular weight is 235 g/mol. The minimum absolute atomic E-state index is 0.114. The molecule has 0 amide bonds. The van der Waals surface area contributed by atoms with Gasteiger partial charge in [-0.05, 0) is 44.4 Å². The molecule has 1 unspecified atom stereocenters. The minimum atomic E-state index is -0.114. The van der Waals surface area contributed by atoms with E-state index in [1.54, 1.807) is 0 Å². The van der Waals surface area contributed by atoms with Crippen LogP contribution in [-0.2, 0) is 6.42 Å². The fourth-order valence-corrected chi connectivity index (χ4v) is 2.08. The Bertz CT molecular complexity index is 382. The zero-order chi connectivity index (χ0) is 12.3. The maximum Gasteiger partial charge on any atom is 0.131 e. The van der Waals surface area contributed by atoms with Gasteiger partial charge >= 0.3 is 0 Å². The van der Waals surface area contributed by atoms with Gasteiger partial charge in [0.05, 0.1) is 0 Å². The third-order valence-electron chi connectivity index (χ3n) is 3.23. The molecule has 0 saturated heterocycles. The van der Waals surface area contributed by atoms with Crippen molar-refractivity contribution in [2.24, 2.45) is 5.73 Å². The number of hydroxylamine groups is 2. The predicted molar refractivity (Wildman–Crippen MR) is 67.6 cm³/mol. The third-order valence-corrected chi connectivity index (χ3v) is 3.23. The van der Waals surface area contributed by atoms with E-state index in [2.05, 4.69) is 12.1 Å². The zero-order valence-electron chi connectivity index (χ0n) is 10.2.